The van der Waals surface area contributed by atoms with E-state index in [-0.39, 0.29) is 0 Å². The number of rotatable bonds is 4. The van der Waals surface area contributed by atoms with Crippen LogP contribution in [-0.2, 0) is 5.75 Å². The van der Waals surface area contributed by atoms with Crippen LogP contribution in [0.15, 0.2) is 70.3 Å². The molecule has 0 amide bonds. The predicted octanol–water partition coefficient (Wildman–Crippen LogP) is 6.45. The van der Waals surface area contributed by atoms with Gasteiger partial charge < -0.3 is 4.42 Å². The second kappa shape index (κ2) is 6.96. The Morgan fingerprint density at radius 2 is 1.81 bits per heavy atom. The van der Waals surface area contributed by atoms with Gasteiger partial charge in [0.25, 0.3) is 11.1 Å². The first-order chi connectivity index (χ1) is 13.2. The largest absolute Gasteiger partial charge is 0.410 e. The Morgan fingerprint density at radius 1 is 0.963 bits per heavy atom. The molecule has 0 unspecified atom stereocenters. The van der Waals surface area contributed by atoms with Crippen molar-refractivity contribution in [3.8, 4) is 10.8 Å². The summed E-state index contributed by atoms with van der Waals surface area (Å²) < 4.78 is 5.84. The molecular weight excluding hydrogens is 398 g/mol. The lowest BCUT2D eigenvalue weighted by molar-refractivity contribution is 0.467. The fraction of sp³-hybridized carbons (Fsp3) is 0.0500. The highest BCUT2D eigenvalue weighted by molar-refractivity contribution is 7.98. The molecule has 132 valence electrons. The second-order valence-corrected chi connectivity index (χ2v) is 8.37. The molecule has 0 spiro atoms. The molecule has 3 aromatic heterocycles. The predicted molar refractivity (Wildman–Crippen MR) is 111 cm³/mol. The van der Waals surface area contributed by atoms with Gasteiger partial charge >= 0.3 is 0 Å². The van der Waals surface area contributed by atoms with Gasteiger partial charge in [0.15, 0.2) is 0 Å². The molecule has 0 bridgehead atoms. The third-order valence-electron chi connectivity index (χ3n) is 4.10. The Labute approximate surface area is 168 Å². The standard InChI is InChI=1S/C20H12ClN3OS2/c21-15-7-5-12(6-8-15)11-26-20-24-23-18(25-20)17-10-14-9-13-3-1-2-4-16(13)22-19(14)27-17/h1-10H,11H2. The molecule has 0 saturated carbocycles. The summed E-state index contributed by atoms with van der Waals surface area (Å²) >= 11 is 8.99. The minimum atomic E-state index is 0.528. The molecule has 27 heavy (non-hydrogen) atoms. The lowest BCUT2D eigenvalue weighted by Crippen LogP contribution is -1.79. The number of nitrogens with zero attached hydrogens (tertiary/aromatic N) is 3. The number of thiophene rings is 1. The third kappa shape index (κ3) is 3.43. The van der Waals surface area contributed by atoms with E-state index in [2.05, 4.69) is 28.4 Å². The molecule has 0 N–H and O–H groups in total. The minimum Gasteiger partial charge on any atom is -0.410 e. The highest BCUT2D eigenvalue weighted by Gasteiger charge is 2.13. The van der Waals surface area contributed by atoms with E-state index in [0.717, 1.165) is 42.3 Å². The average molecular weight is 410 g/mol. The van der Waals surface area contributed by atoms with Crippen molar-refractivity contribution >= 4 is 55.8 Å². The molecular formula is C20H12ClN3OS2. The molecule has 0 aliphatic heterocycles. The summed E-state index contributed by atoms with van der Waals surface area (Å²) in [6.45, 7) is 0. The SMILES string of the molecule is Clc1ccc(CSc2nnc(-c3cc4cc5ccccc5nc4s3)o2)cc1. The summed E-state index contributed by atoms with van der Waals surface area (Å²) in [5, 5.41) is 11.9. The van der Waals surface area contributed by atoms with Gasteiger partial charge in [-0.1, -0.05) is 53.7 Å². The zero-order chi connectivity index (χ0) is 18.2. The van der Waals surface area contributed by atoms with Crippen LogP contribution in [0.5, 0.6) is 0 Å². The lowest BCUT2D eigenvalue weighted by atomic mass is 10.2. The van der Waals surface area contributed by atoms with Crippen LogP contribution in [0.3, 0.4) is 0 Å². The summed E-state index contributed by atoms with van der Waals surface area (Å²) in [6.07, 6.45) is 0. The van der Waals surface area contributed by atoms with Crippen LogP contribution in [0.4, 0.5) is 0 Å². The van der Waals surface area contributed by atoms with Crippen molar-refractivity contribution in [1.82, 2.24) is 15.2 Å². The number of para-hydroxylation sites is 1. The van der Waals surface area contributed by atoms with E-state index >= 15 is 0 Å². The van der Waals surface area contributed by atoms with E-state index in [1.54, 1.807) is 11.3 Å². The van der Waals surface area contributed by atoms with Gasteiger partial charge in [-0.15, -0.1) is 21.5 Å². The Hall–Kier alpha value is -2.41. The number of benzene rings is 2. The van der Waals surface area contributed by atoms with Gasteiger partial charge in [-0.3, -0.25) is 0 Å². The highest BCUT2D eigenvalue weighted by atomic mass is 35.5. The number of hydrogen-bond acceptors (Lipinski definition) is 6. The molecule has 0 aliphatic rings. The number of aromatic nitrogens is 3. The van der Waals surface area contributed by atoms with Crippen molar-refractivity contribution in [3.63, 3.8) is 0 Å². The van der Waals surface area contributed by atoms with E-state index in [1.165, 1.54) is 11.8 Å². The van der Waals surface area contributed by atoms with E-state index in [0.29, 0.717) is 11.1 Å². The Kier molecular flexibility index (Phi) is 4.32. The van der Waals surface area contributed by atoms with Gasteiger partial charge in [-0.2, -0.15) is 0 Å². The quantitative estimate of drug-likeness (QED) is 0.319. The van der Waals surface area contributed by atoms with E-state index in [9.17, 15) is 0 Å². The number of thioether (sulfide) groups is 1. The number of pyridine rings is 1. The molecule has 0 fully saturated rings. The van der Waals surface area contributed by atoms with E-state index in [1.807, 2.05) is 42.5 Å². The van der Waals surface area contributed by atoms with Crippen LogP contribution in [0.2, 0.25) is 5.02 Å². The maximum absolute atomic E-state index is 5.92. The molecule has 5 aromatic rings. The molecule has 3 heterocycles. The molecule has 5 rings (SSSR count). The van der Waals surface area contributed by atoms with Crippen LogP contribution in [0.25, 0.3) is 31.9 Å². The molecule has 7 heteroatoms. The van der Waals surface area contributed by atoms with Crippen molar-refractivity contribution in [2.45, 2.75) is 11.0 Å². The Bertz CT molecular complexity index is 1190. The van der Waals surface area contributed by atoms with Gasteiger partial charge in [0.1, 0.15) is 4.83 Å². The monoisotopic (exact) mass is 409 g/mol. The smallest absolute Gasteiger partial charge is 0.277 e. The third-order valence-corrected chi connectivity index (χ3v) is 6.28. The molecule has 0 saturated heterocycles. The van der Waals surface area contributed by atoms with Crippen molar-refractivity contribution in [1.29, 1.82) is 0 Å². The molecule has 0 aliphatic carbocycles. The normalized spacial score (nSPS) is 11.4. The molecule has 0 radical (unpaired) electrons. The zero-order valence-corrected chi connectivity index (χ0v) is 16.3. The summed E-state index contributed by atoms with van der Waals surface area (Å²) in [4.78, 5) is 6.63. The first-order valence-electron chi connectivity index (χ1n) is 8.25. The fourth-order valence-electron chi connectivity index (χ4n) is 2.77. The minimum absolute atomic E-state index is 0.528. The van der Waals surface area contributed by atoms with Gasteiger partial charge in [0.05, 0.1) is 10.4 Å². The van der Waals surface area contributed by atoms with Crippen LogP contribution < -0.4 is 0 Å². The van der Waals surface area contributed by atoms with Crippen molar-refractivity contribution < 1.29 is 4.42 Å². The molecule has 2 aromatic carbocycles. The van der Waals surface area contributed by atoms with Crippen LogP contribution in [0.1, 0.15) is 5.56 Å². The van der Waals surface area contributed by atoms with Crippen molar-refractivity contribution in [3.05, 3.63) is 71.2 Å². The number of halogens is 1. The fourth-order valence-corrected chi connectivity index (χ4v) is 4.56. The maximum Gasteiger partial charge on any atom is 0.277 e. The first-order valence-corrected chi connectivity index (χ1v) is 10.4. The summed E-state index contributed by atoms with van der Waals surface area (Å²) in [5.74, 6) is 1.28. The van der Waals surface area contributed by atoms with Gasteiger partial charge in [-0.05, 0) is 35.9 Å². The topological polar surface area (TPSA) is 51.8 Å². The Morgan fingerprint density at radius 3 is 2.70 bits per heavy atom. The zero-order valence-electron chi connectivity index (χ0n) is 13.9. The van der Waals surface area contributed by atoms with Crippen molar-refractivity contribution in [2.24, 2.45) is 0 Å². The summed E-state index contributed by atoms with van der Waals surface area (Å²) in [5.41, 5.74) is 2.14. The molecule has 0 atom stereocenters. The van der Waals surface area contributed by atoms with Crippen LogP contribution in [0, 0.1) is 0 Å². The van der Waals surface area contributed by atoms with E-state index < -0.39 is 0 Å². The number of fused-ring (bicyclic) bond motifs is 2. The Balaban J connectivity index is 1.40. The van der Waals surface area contributed by atoms with Gasteiger partial charge in [-0.25, -0.2) is 4.98 Å². The van der Waals surface area contributed by atoms with E-state index in [4.69, 9.17) is 21.0 Å². The summed E-state index contributed by atoms with van der Waals surface area (Å²) in [6, 6.07) is 20.1. The number of hydrogen-bond donors (Lipinski definition) is 0. The average Bonchev–Trinajstić information content (AvgIpc) is 3.32. The van der Waals surface area contributed by atoms with Gasteiger partial charge in [0.2, 0.25) is 0 Å². The summed E-state index contributed by atoms with van der Waals surface area (Å²) in [7, 11) is 0. The first kappa shape index (κ1) is 16.7. The highest BCUT2D eigenvalue weighted by Crippen LogP contribution is 2.34. The van der Waals surface area contributed by atoms with Crippen LogP contribution in [-0.4, -0.2) is 15.2 Å². The maximum atomic E-state index is 5.92. The van der Waals surface area contributed by atoms with Gasteiger partial charge in [0, 0.05) is 21.5 Å². The van der Waals surface area contributed by atoms with Crippen LogP contribution >= 0.6 is 34.7 Å². The lowest BCUT2D eigenvalue weighted by Gasteiger charge is -1.97. The van der Waals surface area contributed by atoms with Crippen molar-refractivity contribution in [2.75, 3.05) is 0 Å². The molecule has 4 nitrogen and oxygen atoms in total. The second-order valence-electron chi connectivity index (χ2n) is 5.97.